The van der Waals surface area contributed by atoms with Crippen LogP contribution in [0.3, 0.4) is 0 Å². The first kappa shape index (κ1) is 10.6. The van der Waals surface area contributed by atoms with Crippen molar-refractivity contribution in [2.45, 2.75) is 13.8 Å². The number of nitrogens with zero attached hydrogens (tertiary/aromatic N) is 3. The van der Waals surface area contributed by atoms with Crippen molar-refractivity contribution in [3.05, 3.63) is 27.2 Å². The standard InChI is InChI=1S/C9H7BrFN3S/c1-4-3-15-9(12-4)8-13-5(2)6(10)7(11)14-8/h3H,1-2H3. The van der Waals surface area contributed by atoms with E-state index in [-0.39, 0.29) is 0 Å². The fourth-order valence-corrected chi connectivity index (χ4v) is 1.98. The van der Waals surface area contributed by atoms with E-state index in [1.165, 1.54) is 11.3 Å². The highest BCUT2D eigenvalue weighted by Gasteiger charge is 2.12. The zero-order valence-electron chi connectivity index (χ0n) is 8.08. The Morgan fingerprint density at radius 3 is 2.53 bits per heavy atom. The van der Waals surface area contributed by atoms with Crippen LogP contribution in [0.5, 0.6) is 0 Å². The van der Waals surface area contributed by atoms with E-state index in [9.17, 15) is 4.39 Å². The Morgan fingerprint density at radius 2 is 2.00 bits per heavy atom. The van der Waals surface area contributed by atoms with Crippen LogP contribution in [0, 0.1) is 19.8 Å². The van der Waals surface area contributed by atoms with Crippen LogP contribution in [0.1, 0.15) is 11.4 Å². The second-order valence-electron chi connectivity index (χ2n) is 3.03. The van der Waals surface area contributed by atoms with Crippen LogP contribution >= 0.6 is 27.3 Å². The van der Waals surface area contributed by atoms with Crippen LogP contribution in [0.15, 0.2) is 9.85 Å². The highest BCUT2D eigenvalue weighted by molar-refractivity contribution is 9.10. The number of aromatic nitrogens is 3. The minimum absolute atomic E-state index is 0.305. The van der Waals surface area contributed by atoms with E-state index in [1.807, 2.05) is 12.3 Å². The zero-order chi connectivity index (χ0) is 11.0. The van der Waals surface area contributed by atoms with Gasteiger partial charge in [0.05, 0.1) is 10.2 Å². The van der Waals surface area contributed by atoms with Crippen LogP contribution in [-0.2, 0) is 0 Å². The predicted molar refractivity (Wildman–Crippen MR) is 60.3 cm³/mol. The van der Waals surface area contributed by atoms with E-state index in [0.29, 0.717) is 21.0 Å². The van der Waals surface area contributed by atoms with Crippen molar-refractivity contribution in [1.29, 1.82) is 0 Å². The third-order valence-electron chi connectivity index (χ3n) is 1.79. The largest absolute Gasteiger partial charge is 0.238 e. The second-order valence-corrected chi connectivity index (χ2v) is 4.68. The Hall–Kier alpha value is -0.880. The van der Waals surface area contributed by atoms with Gasteiger partial charge in [-0.05, 0) is 29.8 Å². The third-order valence-corrected chi connectivity index (χ3v) is 3.64. The van der Waals surface area contributed by atoms with Crippen LogP contribution in [0.2, 0.25) is 0 Å². The molecule has 0 aliphatic rings. The van der Waals surface area contributed by atoms with Crippen molar-refractivity contribution >= 4 is 27.3 Å². The van der Waals surface area contributed by atoms with Gasteiger partial charge in [0.2, 0.25) is 5.95 Å². The molecule has 78 valence electrons. The van der Waals surface area contributed by atoms with Gasteiger partial charge < -0.3 is 0 Å². The SMILES string of the molecule is Cc1csc(-c2nc(C)c(Br)c(F)n2)n1. The molecule has 2 aromatic rings. The Balaban J connectivity index is 2.55. The van der Waals surface area contributed by atoms with Gasteiger partial charge >= 0.3 is 0 Å². The highest BCUT2D eigenvalue weighted by Crippen LogP contribution is 2.24. The van der Waals surface area contributed by atoms with Crippen molar-refractivity contribution in [1.82, 2.24) is 15.0 Å². The van der Waals surface area contributed by atoms with Gasteiger partial charge in [-0.15, -0.1) is 11.3 Å². The van der Waals surface area contributed by atoms with Gasteiger partial charge in [-0.25, -0.2) is 9.97 Å². The molecule has 2 heterocycles. The Kier molecular flexibility index (Phi) is 2.79. The average molecular weight is 288 g/mol. The van der Waals surface area contributed by atoms with Crippen LogP contribution < -0.4 is 0 Å². The molecule has 2 aromatic heterocycles. The van der Waals surface area contributed by atoms with Gasteiger partial charge in [0.15, 0.2) is 10.8 Å². The topological polar surface area (TPSA) is 38.7 Å². The van der Waals surface area contributed by atoms with Crippen molar-refractivity contribution < 1.29 is 4.39 Å². The highest BCUT2D eigenvalue weighted by atomic mass is 79.9. The maximum atomic E-state index is 13.3. The molecule has 0 unspecified atom stereocenters. The number of hydrogen-bond acceptors (Lipinski definition) is 4. The second kappa shape index (κ2) is 3.94. The Labute approximate surface area is 98.6 Å². The van der Waals surface area contributed by atoms with Crippen LogP contribution in [0.25, 0.3) is 10.8 Å². The summed E-state index contributed by atoms with van der Waals surface area (Å²) in [5.74, 6) is -0.211. The first-order chi connectivity index (χ1) is 7.08. The molecule has 0 saturated carbocycles. The van der Waals surface area contributed by atoms with E-state index < -0.39 is 5.95 Å². The van der Waals surface area contributed by atoms with Crippen molar-refractivity contribution in [2.75, 3.05) is 0 Å². The maximum Gasteiger partial charge on any atom is 0.231 e. The minimum atomic E-state index is -0.551. The van der Waals surface area contributed by atoms with E-state index >= 15 is 0 Å². The van der Waals surface area contributed by atoms with Crippen molar-refractivity contribution in [3.8, 4) is 10.8 Å². The quantitative estimate of drug-likeness (QED) is 0.757. The number of hydrogen-bond donors (Lipinski definition) is 0. The normalized spacial score (nSPS) is 10.7. The zero-order valence-corrected chi connectivity index (χ0v) is 10.5. The van der Waals surface area contributed by atoms with Crippen LogP contribution in [0.4, 0.5) is 4.39 Å². The molecule has 2 rings (SSSR count). The fourth-order valence-electron chi connectivity index (χ4n) is 1.08. The smallest absolute Gasteiger partial charge is 0.231 e. The molecule has 3 nitrogen and oxygen atoms in total. The molecule has 0 aliphatic carbocycles. The molecule has 6 heteroatoms. The first-order valence-electron chi connectivity index (χ1n) is 4.20. The molecule has 0 aromatic carbocycles. The van der Waals surface area contributed by atoms with E-state index in [2.05, 4.69) is 30.9 Å². The lowest BCUT2D eigenvalue weighted by molar-refractivity contribution is 0.571. The molecule has 0 amide bonds. The minimum Gasteiger partial charge on any atom is -0.238 e. The summed E-state index contributed by atoms with van der Waals surface area (Å²) in [5, 5.41) is 2.52. The predicted octanol–water partition coefficient (Wildman–Crippen LogP) is 3.12. The summed E-state index contributed by atoms with van der Waals surface area (Å²) in [7, 11) is 0. The number of halogens is 2. The van der Waals surface area contributed by atoms with Gasteiger partial charge in [-0.2, -0.15) is 9.37 Å². The van der Waals surface area contributed by atoms with E-state index in [1.54, 1.807) is 6.92 Å². The summed E-state index contributed by atoms with van der Waals surface area (Å²) in [6, 6.07) is 0. The summed E-state index contributed by atoms with van der Waals surface area (Å²) in [5.41, 5.74) is 1.46. The van der Waals surface area contributed by atoms with Gasteiger partial charge in [-0.1, -0.05) is 0 Å². The molecule has 15 heavy (non-hydrogen) atoms. The lowest BCUT2D eigenvalue weighted by Crippen LogP contribution is -1.97. The molecule has 0 fully saturated rings. The number of thiazole rings is 1. The van der Waals surface area contributed by atoms with E-state index in [4.69, 9.17) is 0 Å². The Bertz CT molecular complexity index is 489. The summed E-state index contributed by atoms with van der Waals surface area (Å²) in [6.45, 7) is 3.60. The summed E-state index contributed by atoms with van der Waals surface area (Å²) in [6.07, 6.45) is 0. The number of aryl methyl sites for hydroxylation is 2. The molecular formula is C9H7BrFN3S. The molecule has 0 aliphatic heterocycles. The average Bonchev–Trinajstić information content (AvgIpc) is 2.60. The molecule has 0 atom stereocenters. The third kappa shape index (κ3) is 2.05. The van der Waals surface area contributed by atoms with Gasteiger partial charge in [-0.3, -0.25) is 0 Å². The van der Waals surface area contributed by atoms with Gasteiger partial charge in [0.1, 0.15) is 0 Å². The molecule has 0 spiro atoms. The van der Waals surface area contributed by atoms with Gasteiger partial charge in [0, 0.05) is 11.1 Å². The van der Waals surface area contributed by atoms with E-state index in [0.717, 1.165) is 5.69 Å². The number of rotatable bonds is 1. The summed E-state index contributed by atoms with van der Waals surface area (Å²) in [4.78, 5) is 12.1. The monoisotopic (exact) mass is 287 g/mol. The molecule has 0 radical (unpaired) electrons. The fraction of sp³-hybridized carbons (Fsp3) is 0.222. The van der Waals surface area contributed by atoms with Crippen molar-refractivity contribution in [3.63, 3.8) is 0 Å². The maximum absolute atomic E-state index is 13.3. The van der Waals surface area contributed by atoms with Crippen LogP contribution in [-0.4, -0.2) is 15.0 Å². The lowest BCUT2D eigenvalue weighted by atomic mass is 10.4. The van der Waals surface area contributed by atoms with Gasteiger partial charge in [0.25, 0.3) is 0 Å². The Morgan fingerprint density at radius 1 is 1.27 bits per heavy atom. The van der Waals surface area contributed by atoms with Crippen molar-refractivity contribution in [2.24, 2.45) is 0 Å². The lowest BCUT2D eigenvalue weighted by Gasteiger charge is -2.00. The molecule has 0 saturated heterocycles. The molecule has 0 N–H and O–H groups in total. The summed E-state index contributed by atoms with van der Waals surface area (Å²) >= 11 is 4.48. The first-order valence-corrected chi connectivity index (χ1v) is 5.87. The molecular weight excluding hydrogens is 281 g/mol. The summed E-state index contributed by atoms with van der Waals surface area (Å²) < 4.78 is 13.6. The molecule has 0 bridgehead atoms.